The van der Waals surface area contributed by atoms with E-state index in [1.807, 2.05) is 4.72 Å². The molecule has 1 rings (SSSR count). The Bertz CT molecular complexity index is 692. The molecule has 0 aliphatic heterocycles. The highest BCUT2D eigenvalue weighted by Crippen LogP contribution is 2.13. The van der Waals surface area contributed by atoms with Crippen molar-refractivity contribution < 1.29 is 22.7 Å². The third-order valence-electron chi connectivity index (χ3n) is 2.74. The Labute approximate surface area is 136 Å². The molecule has 0 aliphatic rings. The maximum atomic E-state index is 12.2. The maximum absolute atomic E-state index is 12.2. The molecule has 23 heavy (non-hydrogen) atoms. The van der Waals surface area contributed by atoms with E-state index >= 15 is 0 Å². The predicted molar refractivity (Wildman–Crippen MR) is 85.3 cm³/mol. The predicted octanol–water partition coefficient (Wildman–Crippen LogP) is 1.71. The zero-order chi connectivity index (χ0) is 17.8. The molecule has 1 atom stereocenters. The van der Waals surface area contributed by atoms with E-state index in [9.17, 15) is 18.0 Å². The van der Waals surface area contributed by atoms with Gasteiger partial charge in [0.15, 0.2) is 0 Å². The summed E-state index contributed by atoms with van der Waals surface area (Å²) in [7, 11) is -4.00. The monoisotopic (exact) mass is 342 g/mol. The fourth-order valence-corrected chi connectivity index (χ4v) is 2.98. The largest absolute Gasteiger partial charge is 0.444 e. The van der Waals surface area contributed by atoms with Crippen LogP contribution in [0.25, 0.3) is 0 Å². The first-order valence-corrected chi connectivity index (χ1v) is 8.52. The van der Waals surface area contributed by atoms with Gasteiger partial charge >= 0.3 is 6.09 Å². The number of aryl methyl sites for hydroxylation is 1. The summed E-state index contributed by atoms with van der Waals surface area (Å²) in [4.78, 5) is 23.6. The molecule has 0 aliphatic carbocycles. The van der Waals surface area contributed by atoms with Crippen LogP contribution in [-0.4, -0.2) is 32.1 Å². The second kappa shape index (κ2) is 6.99. The Morgan fingerprint density at radius 3 is 2.26 bits per heavy atom. The number of hydrogen-bond donors (Lipinski definition) is 2. The highest BCUT2D eigenvalue weighted by Gasteiger charge is 2.25. The van der Waals surface area contributed by atoms with Crippen LogP contribution < -0.4 is 10.0 Å². The molecule has 2 N–H and O–H groups in total. The number of amides is 2. The molecule has 0 saturated heterocycles. The Morgan fingerprint density at radius 1 is 1.17 bits per heavy atom. The smallest absolute Gasteiger partial charge is 0.408 e. The summed E-state index contributed by atoms with van der Waals surface area (Å²) in [6.45, 7) is 8.04. The van der Waals surface area contributed by atoms with E-state index in [0.717, 1.165) is 0 Å². The summed E-state index contributed by atoms with van der Waals surface area (Å²) < 4.78 is 31.4. The van der Waals surface area contributed by atoms with Crippen molar-refractivity contribution in [3.05, 3.63) is 29.8 Å². The minimum atomic E-state index is -4.00. The molecule has 128 valence electrons. The first kappa shape index (κ1) is 19.0. The van der Waals surface area contributed by atoms with Gasteiger partial charge in [-0.05, 0) is 46.2 Å². The number of sulfonamides is 1. The number of benzene rings is 1. The number of ether oxygens (including phenoxy) is 1. The third kappa shape index (κ3) is 5.90. The summed E-state index contributed by atoms with van der Waals surface area (Å²) in [5.41, 5.74) is -0.200. The highest BCUT2D eigenvalue weighted by molar-refractivity contribution is 7.90. The fourth-order valence-electron chi connectivity index (χ4n) is 1.68. The molecule has 0 unspecified atom stereocenters. The van der Waals surface area contributed by atoms with E-state index in [-0.39, 0.29) is 4.90 Å². The Kier molecular flexibility index (Phi) is 5.76. The van der Waals surface area contributed by atoms with Crippen molar-refractivity contribution >= 4 is 22.0 Å². The van der Waals surface area contributed by atoms with Crippen LogP contribution in [0, 0.1) is 6.92 Å². The SMILES string of the molecule is Cc1ccccc1S(=O)(=O)NC(=O)[C@H](C)NC(=O)OC(C)(C)C. The van der Waals surface area contributed by atoms with E-state index in [2.05, 4.69) is 5.32 Å². The van der Waals surface area contributed by atoms with Gasteiger partial charge in [-0.1, -0.05) is 18.2 Å². The Balaban J connectivity index is 2.75. The van der Waals surface area contributed by atoms with Crippen LogP contribution in [0.5, 0.6) is 0 Å². The van der Waals surface area contributed by atoms with Gasteiger partial charge in [-0.15, -0.1) is 0 Å². The first-order valence-electron chi connectivity index (χ1n) is 7.04. The van der Waals surface area contributed by atoms with Gasteiger partial charge in [0.05, 0.1) is 4.90 Å². The van der Waals surface area contributed by atoms with Crippen LogP contribution in [0.1, 0.15) is 33.3 Å². The summed E-state index contributed by atoms with van der Waals surface area (Å²) in [6.07, 6.45) is -0.798. The number of carbonyl (C=O) groups excluding carboxylic acids is 2. The van der Waals surface area contributed by atoms with Gasteiger partial charge in [0.2, 0.25) is 0 Å². The lowest BCUT2D eigenvalue weighted by Gasteiger charge is -2.21. The molecule has 1 aromatic carbocycles. The topological polar surface area (TPSA) is 102 Å². The summed E-state index contributed by atoms with van der Waals surface area (Å²) in [5.74, 6) is -0.848. The molecule has 0 saturated carbocycles. The Hall–Kier alpha value is -2.09. The maximum Gasteiger partial charge on any atom is 0.408 e. The molecule has 8 heteroatoms. The Morgan fingerprint density at radius 2 is 1.74 bits per heavy atom. The lowest BCUT2D eigenvalue weighted by Crippen LogP contribution is -2.48. The van der Waals surface area contributed by atoms with Gasteiger partial charge in [0, 0.05) is 0 Å². The van der Waals surface area contributed by atoms with Crippen molar-refractivity contribution in [2.24, 2.45) is 0 Å². The van der Waals surface area contributed by atoms with Crippen molar-refractivity contribution in [1.29, 1.82) is 0 Å². The van der Waals surface area contributed by atoms with Gasteiger partial charge in [-0.3, -0.25) is 4.79 Å². The van der Waals surface area contributed by atoms with E-state index in [1.165, 1.54) is 13.0 Å². The van der Waals surface area contributed by atoms with Crippen molar-refractivity contribution in [3.8, 4) is 0 Å². The molecule has 7 nitrogen and oxygen atoms in total. The number of hydrogen-bond acceptors (Lipinski definition) is 5. The average molecular weight is 342 g/mol. The van der Waals surface area contributed by atoms with Crippen LogP contribution in [0.4, 0.5) is 4.79 Å². The molecule has 0 heterocycles. The highest BCUT2D eigenvalue weighted by atomic mass is 32.2. The third-order valence-corrected chi connectivity index (χ3v) is 4.25. The molecular formula is C15H22N2O5S. The normalized spacial score (nSPS) is 13.1. The molecule has 1 aromatic rings. The number of alkyl carbamates (subject to hydrolysis) is 1. The fraction of sp³-hybridized carbons (Fsp3) is 0.467. The van der Waals surface area contributed by atoms with Crippen molar-refractivity contribution in [2.45, 2.75) is 51.2 Å². The summed E-state index contributed by atoms with van der Waals surface area (Å²) in [6, 6.07) is 5.22. The van der Waals surface area contributed by atoms with Crippen LogP contribution in [0.15, 0.2) is 29.2 Å². The standard InChI is InChI=1S/C15H22N2O5S/c1-10-8-6-7-9-12(10)23(20,21)17-13(18)11(2)16-14(19)22-15(3,4)5/h6-9,11H,1-5H3,(H,16,19)(H,17,18)/t11-/m0/s1. The number of nitrogens with one attached hydrogen (secondary N) is 2. The first-order chi connectivity index (χ1) is 10.4. The molecule has 0 aromatic heterocycles. The van der Waals surface area contributed by atoms with Crippen molar-refractivity contribution in [3.63, 3.8) is 0 Å². The van der Waals surface area contributed by atoms with E-state index in [0.29, 0.717) is 5.56 Å². The molecule has 0 radical (unpaired) electrons. The lowest BCUT2D eigenvalue weighted by atomic mass is 10.2. The van der Waals surface area contributed by atoms with Gasteiger partial charge < -0.3 is 10.1 Å². The molecule has 2 amide bonds. The molecule has 0 bridgehead atoms. The summed E-state index contributed by atoms with van der Waals surface area (Å²) in [5, 5.41) is 2.29. The second-order valence-corrected chi connectivity index (χ2v) is 7.75. The van der Waals surface area contributed by atoms with Crippen molar-refractivity contribution in [2.75, 3.05) is 0 Å². The average Bonchev–Trinajstić information content (AvgIpc) is 2.35. The zero-order valence-electron chi connectivity index (χ0n) is 13.8. The molecular weight excluding hydrogens is 320 g/mol. The van der Waals surface area contributed by atoms with E-state index in [4.69, 9.17) is 4.74 Å². The quantitative estimate of drug-likeness (QED) is 0.867. The summed E-state index contributed by atoms with van der Waals surface area (Å²) >= 11 is 0. The zero-order valence-corrected chi connectivity index (χ0v) is 14.7. The van der Waals surface area contributed by atoms with Crippen LogP contribution in [-0.2, 0) is 19.6 Å². The van der Waals surface area contributed by atoms with Gasteiger partial charge in [-0.25, -0.2) is 17.9 Å². The van der Waals surface area contributed by atoms with Gasteiger partial charge in [0.1, 0.15) is 11.6 Å². The second-order valence-electron chi connectivity index (χ2n) is 6.10. The number of rotatable bonds is 4. The minimum absolute atomic E-state index is 0.0119. The van der Waals surface area contributed by atoms with Gasteiger partial charge in [-0.2, -0.15) is 0 Å². The molecule has 0 fully saturated rings. The van der Waals surface area contributed by atoms with Crippen LogP contribution in [0.2, 0.25) is 0 Å². The lowest BCUT2D eigenvalue weighted by molar-refractivity contribution is -0.121. The van der Waals surface area contributed by atoms with E-state index in [1.54, 1.807) is 45.9 Å². The van der Waals surface area contributed by atoms with Crippen molar-refractivity contribution in [1.82, 2.24) is 10.0 Å². The van der Waals surface area contributed by atoms with Gasteiger partial charge in [0.25, 0.3) is 15.9 Å². The molecule has 0 spiro atoms. The van der Waals surface area contributed by atoms with Crippen LogP contribution >= 0.6 is 0 Å². The van der Waals surface area contributed by atoms with E-state index < -0.39 is 33.7 Å². The van der Waals surface area contributed by atoms with Crippen LogP contribution in [0.3, 0.4) is 0 Å². The number of carbonyl (C=O) groups is 2. The minimum Gasteiger partial charge on any atom is -0.444 e.